The second-order valence-corrected chi connectivity index (χ2v) is 6.69. The van der Waals surface area contributed by atoms with Crippen molar-refractivity contribution in [3.8, 4) is 5.69 Å². The Balaban J connectivity index is 3.03. The average Bonchev–Trinajstić information content (AvgIpc) is 2.03. The van der Waals surface area contributed by atoms with Gasteiger partial charge >= 0.3 is 0 Å². The minimum Gasteiger partial charge on any atom is -0.170 e. The van der Waals surface area contributed by atoms with Gasteiger partial charge in [-0.3, -0.25) is 0 Å². The van der Waals surface area contributed by atoms with Crippen molar-refractivity contribution in [1.29, 1.82) is 0 Å². The molecule has 0 bridgehead atoms. The largest absolute Gasteiger partial charge is 0.170 e. The molecule has 0 spiro atoms. The van der Waals surface area contributed by atoms with E-state index >= 15 is 0 Å². The lowest BCUT2D eigenvalue weighted by atomic mass is 10.2. The standard InChI is InChI=1S/C11H16S/c1-5-10-6-8-11(9-7-10)12(2,3)4/h2,6-9H,5H2,1,3-4H3. The number of hydrogen-bond donors (Lipinski definition) is 0. The molecule has 0 amide bonds. The molecule has 0 atom stereocenters. The Hall–Kier alpha value is -0.650. The molecule has 0 aliphatic carbocycles. The zero-order valence-corrected chi connectivity index (χ0v) is 8.82. The van der Waals surface area contributed by atoms with Crippen LogP contribution in [-0.4, -0.2) is 12.5 Å². The van der Waals surface area contributed by atoms with Crippen molar-refractivity contribution in [2.75, 3.05) is 12.5 Å². The van der Waals surface area contributed by atoms with Crippen LogP contribution in [-0.2, 0) is 6.42 Å². The average molecular weight is 180 g/mol. The lowest BCUT2D eigenvalue weighted by Gasteiger charge is -2.12. The summed E-state index contributed by atoms with van der Waals surface area (Å²) in [6.45, 7) is 2.16. The normalized spacial score (nSPS) is 11.5. The maximum absolute atomic E-state index is 6.03. The minimum absolute atomic E-state index is 1.03. The van der Waals surface area contributed by atoms with Gasteiger partial charge in [-0.1, -0.05) is 19.1 Å². The summed E-state index contributed by atoms with van der Waals surface area (Å²) in [6, 6.07) is 8.62. The SMILES string of the molecule is C#S(C)(C)c1ccc(CC)cc1. The highest BCUT2D eigenvalue weighted by Crippen LogP contribution is 2.33. The molecule has 1 aromatic carbocycles. The summed E-state index contributed by atoms with van der Waals surface area (Å²) < 4.78 is 0. The Morgan fingerprint density at radius 3 is 2.00 bits per heavy atom. The van der Waals surface area contributed by atoms with E-state index in [4.69, 9.17) is 5.69 Å². The zero-order valence-electron chi connectivity index (χ0n) is 8.00. The minimum atomic E-state index is -1.03. The number of rotatable bonds is 1. The van der Waals surface area contributed by atoms with Crippen LogP contribution in [0.4, 0.5) is 0 Å². The Morgan fingerprint density at radius 1 is 1.17 bits per heavy atom. The summed E-state index contributed by atoms with van der Waals surface area (Å²) in [7, 11) is -1.03. The van der Waals surface area contributed by atoms with Crippen molar-refractivity contribution < 1.29 is 0 Å². The van der Waals surface area contributed by atoms with Crippen molar-refractivity contribution in [3.63, 3.8) is 0 Å². The van der Waals surface area contributed by atoms with Crippen LogP contribution in [0, 0.1) is 5.69 Å². The van der Waals surface area contributed by atoms with Gasteiger partial charge in [0.05, 0.1) is 0 Å². The maximum Gasteiger partial charge on any atom is -0.000978 e. The van der Waals surface area contributed by atoms with Gasteiger partial charge in [0, 0.05) is 0 Å². The van der Waals surface area contributed by atoms with Crippen LogP contribution >= 0.6 is 9.44 Å². The molecule has 0 saturated heterocycles. The van der Waals surface area contributed by atoms with Gasteiger partial charge in [-0.25, -0.2) is 0 Å². The van der Waals surface area contributed by atoms with Crippen LogP contribution in [0.5, 0.6) is 0 Å². The zero-order chi connectivity index (χ0) is 9.19. The van der Waals surface area contributed by atoms with Crippen molar-refractivity contribution >= 4 is 9.44 Å². The lowest BCUT2D eigenvalue weighted by molar-refractivity contribution is 1.13. The predicted octanol–water partition coefficient (Wildman–Crippen LogP) is 3.26. The highest BCUT2D eigenvalue weighted by molar-refractivity contribution is 8.22. The highest BCUT2D eigenvalue weighted by Gasteiger charge is 1.98. The number of aryl methyl sites for hydroxylation is 1. The van der Waals surface area contributed by atoms with E-state index in [0.717, 1.165) is 6.42 Å². The van der Waals surface area contributed by atoms with Crippen LogP contribution in [0.15, 0.2) is 29.2 Å². The predicted molar refractivity (Wildman–Crippen MR) is 58.5 cm³/mol. The van der Waals surface area contributed by atoms with Crippen LogP contribution in [0.25, 0.3) is 0 Å². The van der Waals surface area contributed by atoms with Crippen LogP contribution in [0.3, 0.4) is 0 Å². The van der Waals surface area contributed by atoms with Crippen molar-refractivity contribution in [2.45, 2.75) is 18.2 Å². The van der Waals surface area contributed by atoms with Gasteiger partial charge in [0.2, 0.25) is 0 Å². The first kappa shape index (κ1) is 9.44. The molecule has 0 aliphatic rings. The monoisotopic (exact) mass is 180 g/mol. The molecule has 0 aliphatic heterocycles. The molecule has 0 aromatic heterocycles. The fraction of sp³-hybridized carbons (Fsp3) is 0.364. The molecule has 0 N–H and O–H groups in total. The third-order valence-corrected chi connectivity index (χ3v) is 3.43. The van der Waals surface area contributed by atoms with E-state index in [9.17, 15) is 0 Å². The lowest BCUT2D eigenvalue weighted by Crippen LogP contribution is -1.83. The van der Waals surface area contributed by atoms with Crippen molar-refractivity contribution in [2.24, 2.45) is 0 Å². The topological polar surface area (TPSA) is 0 Å². The van der Waals surface area contributed by atoms with Gasteiger partial charge in [-0.05, 0) is 41.5 Å². The Bertz CT molecular complexity index is 340. The van der Waals surface area contributed by atoms with E-state index in [0.29, 0.717) is 0 Å². The molecule has 1 rings (SSSR count). The van der Waals surface area contributed by atoms with E-state index in [1.165, 1.54) is 10.5 Å². The van der Waals surface area contributed by atoms with E-state index in [2.05, 4.69) is 43.7 Å². The quantitative estimate of drug-likeness (QED) is 0.622. The third kappa shape index (κ3) is 2.17. The first-order chi connectivity index (χ1) is 5.54. The second-order valence-electron chi connectivity index (χ2n) is 3.40. The van der Waals surface area contributed by atoms with Gasteiger partial charge in [0.15, 0.2) is 0 Å². The van der Waals surface area contributed by atoms with E-state index < -0.39 is 9.44 Å². The Kier molecular flexibility index (Phi) is 2.66. The van der Waals surface area contributed by atoms with Crippen LogP contribution in [0.1, 0.15) is 12.5 Å². The highest BCUT2D eigenvalue weighted by atomic mass is 32.2. The molecule has 0 fully saturated rings. The molecule has 0 nitrogen and oxygen atoms in total. The number of benzene rings is 1. The van der Waals surface area contributed by atoms with E-state index in [1.807, 2.05) is 0 Å². The molecular formula is C11H16S. The first-order valence-electron chi connectivity index (χ1n) is 4.14. The summed E-state index contributed by atoms with van der Waals surface area (Å²) in [6.07, 6.45) is 5.31. The summed E-state index contributed by atoms with van der Waals surface area (Å²) in [4.78, 5) is 1.28. The molecule has 1 heteroatoms. The fourth-order valence-corrected chi connectivity index (χ4v) is 1.91. The molecule has 1 aromatic rings. The van der Waals surface area contributed by atoms with E-state index in [1.54, 1.807) is 0 Å². The second kappa shape index (κ2) is 3.38. The van der Waals surface area contributed by atoms with Crippen molar-refractivity contribution in [1.82, 2.24) is 0 Å². The van der Waals surface area contributed by atoms with E-state index in [-0.39, 0.29) is 0 Å². The fourth-order valence-electron chi connectivity index (χ4n) is 1.08. The Labute approximate surface area is 76.2 Å². The van der Waals surface area contributed by atoms with Gasteiger partial charge in [-0.15, -0.1) is 5.69 Å². The van der Waals surface area contributed by atoms with Gasteiger partial charge in [-0.2, -0.15) is 9.44 Å². The van der Waals surface area contributed by atoms with Gasteiger partial charge in [0.1, 0.15) is 0 Å². The Morgan fingerprint density at radius 2 is 1.67 bits per heavy atom. The van der Waals surface area contributed by atoms with Crippen LogP contribution < -0.4 is 0 Å². The summed E-state index contributed by atoms with van der Waals surface area (Å²) >= 11 is 0. The first-order valence-corrected chi connectivity index (χ1v) is 6.65. The van der Waals surface area contributed by atoms with Gasteiger partial charge < -0.3 is 0 Å². The molecule has 0 radical (unpaired) electrons. The maximum atomic E-state index is 6.03. The molecule has 0 heterocycles. The van der Waals surface area contributed by atoms with Crippen molar-refractivity contribution in [3.05, 3.63) is 29.8 Å². The summed E-state index contributed by atoms with van der Waals surface area (Å²) in [5.74, 6) is 0. The smallest absolute Gasteiger partial charge is 0.000978 e. The molecule has 12 heavy (non-hydrogen) atoms. The molecule has 66 valence electrons. The third-order valence-electron chi connectivity index (χ3n) is 1.94. The molecular weight excluding hydrogens is 164 g/mol. The molecule has 0 saturated carbocycles. The summed E-state index contributed by atoms with van der Waals surface area (Å²) in [5, 5.41) is 0. The number of hydrogen-bond acceptors (Lipinski definition) is 0. The van der Waals surface area contributed by atoms with Gasteiger partial charge in [0.25, 0.3) is 0 Å². The summed E-state index contributed by atoms with van der Waals surface area (Å²) in [5.41, 5.74) is 7.41. The van der Waals surface area contributed by atoms with Crippen LogP contribution in [0.2, 0.25) is 0 Å². The molecule has 0 unspecified atom stereocenters.